The first-order chi connectivity index (χ1) is 22.2. The van der Waals surface area contributed by atoms with Crippen LogP contribution in [0.1, 0.15) is 67.4 Å². The second-order valence-corrected chi connectivity index (χ2v) is 13.7. The molecule has 7 heteroatoms. The van der Waals surface area contributed by atoms with Gasteiger partial charge in [-0.2, -0.15) is 0 Å². The number of thiophene rings is 1. The van der Waals surface area contributed by atoms with E-state index in [-0.39, 0.29) is 29.9 Å². The molecule has 3 heterocycles. The van der Waals surface area contributed by atoms with E-state index in [1.54, 1.807) is 11.3 Å². The smallest absolute Gasteiger partial charge is 0.258 e. The van der Waals surface area contributed by atoms with Crippen molar-refractivity contribution in [2.75, 3.05) is 5.32 Å². The molecule has 1 amide bonds. The molecule has 2 atom stereocenters. The molecule has 1 aliphatic rings. The van der Waals surface area contributed by atoms with Crippen LogP contribution in [0.15, 0.2) is 102 Å². The topological polar surface area (TPSA) is 52.5 Å². The van der Waals surface area contributed by atoms with Gasteiger partial charge in [-0.25, -0.2) is 4.39 Å². The van der Waals surface area contributed by atoms with Crippen LogP contribution < -0.4 is 5.32 Å². The van der Waals surface area contributed by atoms with Crippen LogP contribution in [0, 0.1) is 5.82 Å². The summed E-state index contributed by atoms with van der Waals surface area (Å²) in [5.41, 5.74) is 5.82. The van der Waals surface area contributed by atoms with Crippen LogP contribution in [0.25, 0.3) is 22.4 Å². The van der Waals surface area contributed by atoms with Crippen molar-refractivity contribution in [1.82, 2.24) is 4.57 Å². The van der Waals surface area contributed by atoms with Crippen molar-refractivity contribution < 1.29 is 18.7 Å². The Hall–Kier alpha value is -4.04. The molecule has 2 aromatic heterocycles. The number of hydrogen-bond acceptors (Lipinski definition) is 4. The van der Waals surface area contributed by atoms with E-state index in [0.717, 1.165) is 53.0 Å². The lowest BCUT2D eigenvalue weighted by Crippen LogP contribution is -2.45. The van der Waals surface area contributed by atoms with Crippen LogP contribution >= 0.6 is 11.3 Å². The van der Waals surface area contributed by atoms with Gasteiger partial charge in [0, 0.05) is 41.2 Å². The fourth-order valence-electron chi connectivity index (χ4n) is 6.66. The number of aromatic nitrogens is 1. The molecule has 238 valence electrons. The third-order valence-electron chi connectivity index (χ3n) is 8.40. The standard InChI is InChI=1S/C39H41FN2O3S/c1-26(2)36-35(38(43)41-30-14-9-6-10-15-30)34(27-12-7-5-8-13-27)37(28-17-19-29(40)20-18-28)42(36)22-21-31-24-32(45-39(3,4)44-31)25-33-16-11-23-46-33/h5-20,23,26,31-32H,21-22,24-25H2,1-4H3,(H,41,43)/t31-,32-/m1/s1. The third-order valence-corrected chi connectivity index (χ3v) is 9.30. The summed E-state index contributed by atoms with van der Waals surface area (Å²) >= 11 is 1.75. The second kappa shape index (κ2) is 13.8. The molecule has 46 heavy (non-hydrogen) atoms. The van der Waals surface area contributed by atoms with Crippen LogP contribution in [-0.2, 0) is 22.4 Å². The molecule has 6 rings (SSSR count). The van der Waals surface area contributed by atoms with Crippen molar-refractivity contribution in [3.05, 3.63) is 124 Å². The van der Waals surface area contributed by atoms with E-state index in [4.69, 9.17) is 9.47 Å². The Balaban J connectivity index is 1.45. The summed E-state index contributed by atoms with van der Waals surface area (Å²) < 4.78 is 29.4. The Morgan fingerprint density at radius 2 is 1.59 bits per heavy atom. The fourth-order valence-corrected chi connectivity index (χ4v) is 7.43. The van der Waals surface area contributed by atoms with Gasteiger partial charge in [0.05, 0.1) is 23.5 Å². The van der Waals surface area contributed by atoms with E-state index in [1.165, 1.54) is 17.0 Å². The number of benzene rings is 3. The highest BCUT2D eigenvalue weighted by Gasteiger charge is 2.36. The molecule has 0 aliphatic carbocycles. The number of halogens is 1. The first-order valence-corrected chi connectivity index (χ1v) is 16.9. The summed E-state index contributed by atoms with van der Waals surface area (Å²) in [6.45, 7) is 8.84. The van der Waals surface area contributed by atoms with E-state index in [0.29, 0.717) is 12.1 Å². The number of amides is 1. The first-order valence-electron chi connectivity index (χ1n) is 16.0. The second-order valence-electron chi connectivity index (χ2n) is 12.7. The highest BCUT2D eigenvalue weighted by molar-refractivity contribution is 7.09. The SMILES string of the molecule is CC(C)c1c(C(=O)Nc2ccccc2)c(-c2ccccc2)c(-c2ccc(F)cc2)n1CC[C@@H]1C[C@H](Cc2cccs2)OC(C)(C)O1. The largest absolute Gasteiger partial charge is 0.347 e. The predicted molar refractivity (Wildman–Crippen MR) is 185 cm³/mol. The van der Waals surface area contributed by atoms with Crippen molar-refractivity contribution in [2.24, 2.45) is 0 Å². The molecule has 5 aromatic rings. The number of nitrogens with one attached hydrogen (secondary N) is 1. The van der Waals surface area contributed by atoms with E-state index in [9.17, 15) is 9.18 Å². The van der Waals surface area contributed by atoms with Gasteiger partial charge in [-0.15, -0.1) is 11.3 Å². The fraction of sp³-hybridized carbons (Fsp3) is 0.308. The lowest BCUT2D eigenvalue weighted by Gasteiger charge is -2.41. The molecular formula is C39H41FN2O3S. The van der Waals surface area contributed by atoms with Gasteiger partial charge in [-0.05, 0) is 85.2 Å². The summed E-state index contributed by atoms with van der Waals surface area (Å²) in [6.07, 6.45) is 2.36. The molecule has 0 unspecified atom stereocenters. The maximum absolute atomic E-state index is 14.3. The molecule has 1 aliphatic heterocycles. The van der Waals surface area contributed by atoms with Crippen molar-refractivity contribution in [3.8, 4) is 22.4 Å². The number of nitrogens with zero attached hydrogens (tertiary/aromatic N) is 1. The van der Waals surface area contributed by atoms with E-state index < -0.39 is 5.79 Å². The van der Waals surface area contributed by atoms with Gasteiger partial charge >= 0.3 is 0 Å². The van der Waals surface area contributed by atoms with E-state index >= 15 is 0 Å². The van der Waals surface area contributed by atoms with Gasteiger partial charge in [0.25, 0.3) is 5.91 Å². The molecule has 5 nitrogen and oxygen atoms in total. The van der Waals surface area contributed by atoms with Crippen molar-refractivity contribution >= 4 is 22.9 Å². The molecule has 0 saturated carbocycles. The van der Waals surface area contributed by atoms with Crippen LogP contribution in [0.5, 0.6) is 0 Å². The highest BCUT2D eigenvalue weighted by atomic mass is 32.1. The molecule has 0 bridgehead atoms. The lowest BCUT2D eigenvalue weighted by atomic mass is 9.94. The van der Waals surface area contributed by atoms with Gasteiger partial charge < -0.3 is 19.4 Å². The summed E-state index contributed by atoms with van der Waals surface area (Å²) in [7, 11) is 0. The number of carbonyl (C=O) groups is 1. The number of anilines is 1. The molecular weight excluding hydrogens is 596 g/mol. The highest BCUT2D eigenvalue weighted by Crippen LogP contribution is 2.43. The zero-order valence-electron chi connectivity index (χ0n) is 26.8. The van der Waals surface area contributed by atoms with E-state index in [1.807, 2.05) is 86.6 Å². The number of carbonyl (C=O) groups excluding carboxylic acids is 1. The molecule has 1 fully saturated rings. The molecule has 3 aromatic carbocycles. The number of ether oxygens (including phenoxy) is 2. The van der Waals surface area contributed by atoms with Gasteiger partial charge in [0.1, 0.15) is 5.82 Å². The summed E-state index contributed by atoms with van der Waals surface area (Å²) in [4.78, 5) is 15.6. The van der Waals surface area contributed by atoms with Crippen LogP contribution in [-0.4, -0.2) is 28.5 Å². The van der Waals surface area contributed by atoms with Crippen LogP contribution in [0.3, 0.4) is 0 Å². The Morgan fingerprint density at radius 1 is 0.913 bits per heavy atom. The average molecular weight is 637 g/mol. The maximum atomic E-state index is 14.3. The van der Waals surface area contributed by atoms with Crippen LogP contribution in [0.2, 0.25) is 0 Å². The Labute approximate surface area is 275 Å². The zero-order valence-corrected chi connectivity index (χ0v) is 27.7. The predicted octanol–water partition coefficient (Wildman–Crippen LogP) is 9.94. The summed E-state index contributed by atoms with van der Waals surface area (Å²) in [5.74, 6) is -1.16. The number of rotatable bonds is 10. The molecule has 1 saturated heterocycles. The van der Waals surface area contributed by atoms with Gasteiger partial charge in [0.15, 0.2) is 5.79 Å². The average Bonchev–Trinajstić information content (AvgIpc) is 3.67. The number of hydrogen-bond donors (Lipinski definition) is 1. The lowest BCUT2D eigenvalue weighted by molar-refractivity contribution is -0.300. The third kappa shape index (κ3) is 7.17. The quantitative estimate of drug-likeness (QED) is 0.166. The minimum Gasteiger partial charge on any atom is -0.347 e. The minimum atomic E-state index is -0.710. The normalized spacial score (nSPS) is 17.7. The number of para-hydroxylation sites is 1. The van der Waals surface area contributed by atoms with Crippen molar-refractivity contribution in [2.45, 2.75) is 77.4 Å². The minimum absolute atomic E-state index is 0.0202. The molecule has 0 radical (unpaired) electrons. The molecule has 0 spiro atoms. The van der Waals surface area contributed by atoms with Gasteiger partial charge in [0.2, 0.25) is 0 Å². The van der Waals surface area contributed by atoms with E-state index in [2.05, 4.69) is 41.2 Å². The van der Waals surface area contributed by atoms with Gasteiger partial charge in [-0.3, -0.25) is 4.79 Å². The zero-order chi connectivity index (χ0) is 32.3. The summed E-state index contributed by atoms with van der Waals surface area (Å²) in [6, 6.07) is 30.4. The van der Waals surface area contributed by atoms with Gasteiger partial charge in [-0.1, -0.05) is 68.4 Å². The summed E-state index contributed by atoms with van der Waals surface area (Å²) in [5, 5.41) is 5.26. The Bertz CT molecular complexity index is 1750. The van der Waals surface area contributed by atoms with Crippen LogP contribution in [0.4, 0.5) is 10.1 Å². The van der Waals surface area contributed by atoms with Crippen molar-refractivity contribution in [1.29, 1.82) is 0 Å². The Morgan fingerprint density at radius 3 is 2.24 bits per heavy atom. The first kappa shape index (κ1) is 31.9. The monoisotopic (exact) mass is 636 g/mol. The van der Waals surface area contributed by atoms with Crippen molar-refractivity contribution in [3.63, 3.8) is 0 Å². The molecule has 1 N–H and O–H groups in total. The maximum Gasteiger partial charge on any atom is 0.258 e. The Kier molecular flexibility index (Phi) is 9.54.